The van der Waals surface area contributed by atoms with Crippen molar-refractivity contribution in [1.82, 2.24) is 0 Å². The molecule has 1 heterocycles. The van der Waals surface area contributed by atoms with E-state index in [-0.39, 0.29) is 28.9 Å². The molecule has 0 saturated heterocycles. The van der Waals surface area contributed by atoms with Gasteiger partial charge in [-0.05, 0) is 25.1 Å². The number of fused-ring (bicyclic) bond motifs is 1. The highest BCUT2D eigenvalue weighted by Gasteiger charge is 2.41. The SMILES string of the molecule is CCOC(=O)c1ccc2oc(C(F)(F)F)c(C(=NC(C)=O)c3ccccc3)c2c1. The van der Waals surface area contributed by atoms with Crippen LogP contribution in [0.1, 0.15) is 41.1 Å². The summed E-state index contributed by atoms with van der Waals surface area (Å²) in [5, 5.41) is 0.00623. The molecule has 0 unspecified atom stereocenters. The second-order valence-corrected chi connectivity index (χ2v) is 6.08. The Bertz CT molecular complexity index is 1100. The highest BCUT2D eigenvalue weighted by Crippen LogP contribution is 2.39. The molecule has 150 valence electrons. The van der Waals surface area contributed by atoms with Crippen LogP contribution < -0.4 is 0 Å². The predicted molar refractivity (Wildman–Crippen MR) is 99.9 cm³/mol. The van der Waals surface area contributed by atoms with Crippen molar-refractivity contribution >= 4 is 28.6 Å². The number of nitrogens with zero attached hydrogens (tertiary/aromatic N) is 1. The van der Waals surface area contributed by atoms with Crippen molar-refractivity contribution in [1.29, 1.82) is 0 Å². The van der Waals surface area contributed by atoms with Gasteiger partial charge in [0.1, 0.15) is 5.58 Å². The van der Waals surface area contributed by atoms with E-state index in [1.807, 2.05) is 0 Å². The Hall–Kier alpha value is -3.42. The van der Waals surface area contributed by atoms with Gasteiger partial charge in [0.25, 0.3) is 0 Å². The van der Waals surface area contributed by atoms with Gasteiger partial charge in [-0.1, -0.05) is 30.3 Å². The van der Waals surface area contributed by atoms with Crippen molar-refractivity contribution in [3.63, 3.8) is 0 Å². The summed E-state index contributed by atoms with van der Waals surface area (Å²) in [5.74, 6) is -2.65. The number of carbonyl (C=O) groups is 2. The molecule has 1 amide bonds. The van der Waals surface area contributed by atoms with E-state index in [1.54, 1.807) is 25.1 Å². The fourth-order valence-corrected chi connectivity index (χ4v) is 2.89. The Labute approximate surface area is 163 Å². The average molecular weight is 403 g/mol. The zero-order valence-corrected chi connectivity index (χ0v) is 15.5. The molecule has 8 heteroatoms. The number of furan rings is 1. The first-order valence-corrected chi connectivity index (χ1v) is 8.68. The van der Waals surface area contributed by atoms with Gasteiger partial charge in [-0.2, -0.15) is 13.2 Å². The van der Waals surface area contributed by atoms with E-state index in [4.69, 9.17) is 9.15 Å². The number of aliphatic imine (C=N–C) groups is 1. The van der Waals surface area contributed by atoms with Crippen LogP contribution in [-0.4, -0.2) is 24.2 Å². The minimum Gasteiger partial charge on any atom is -0.462 e. The molecular weight excluding hydrogens is 387 g/mol. The van der Waals surface area contributed by atoms with E-state index >= 15 is 0 Å². The third-order valence-corrected chi connectivity index (χ3v) is 4.01. The van der Waals surface area contributed by atoms with Crippen LogP contribution in [0.15, 0.2) is 57.9 Å². The van der Waals surface area contributed by atoms with Crippen LogP contribution in [0.25, 0.3) is 11.0 Å². The van der Waals surface area contributed by atoms with E-state index in [9.17, 15) is 22.8 Å². The molecular formula is C21H16F3NO4. The van der Waals surface area contributed by atoms with Crippen LogP contribution in [0.4, 0.5) is 13.2 Å². The van der Waals surface area contributed by atoms with E-state index in [0.717, 1.165) is 6.92 Å². The molecule has 3 aromatic rings. The van der Waals surface area contributed by atoms with Crippen LogP contribution >= 0.6 is 0 Å². The molecule has 0 spiro atoms. The summed E-state index contributed by atoms with van der Waals surface area (Å²) in [4.78, 5) is 27.6. The Morgan fingerprint density at radius 2 is 1.76 bits per heavy atom. The number of benzene rings is 2. The first kappa shape index (κ1) is 20.3. The molecule has 0 N–H and O–H groups in total. The van der Waals surface area contributed by atoms with Gasteiger partial charge in [0.2, 0.25) is 11.7 Å². The Balaban J connectivity index is 2.36. The van der Waals surface area contributed by atoms with Gasteiger partial charge in [-0.25, -0.2) is 9.79 Å². The molecule has 3 rings (SSSR count). The lowest BCUT2D eigenvalue weighted by Crippen LogP contribution is -2.14. The van der Waals surface area contributed by atoms with Crippen LogP contribution in [0.2, 0.25) is 0 Å². The van der Waals surface area contributed by atoms with Crippen LogP contribution in [-0.2, 0) is 15.7 Å². The van der Waals surface area contributed by atoms with Crippen molar-refractivity contribution in [2.24, 2.45) is 4.99 Å². The number of hydrogen-bond acceptors (Lipinski definition) is 4. The predicted octanol–water partition coefficient (Wildman–Crippen LogP) is 5.01. The molecule has 0 aliphatic carbocycles. The number of esters is 1. The molecule has 0 aliphatic heterocycles. The van der Waals surface area contributed by atoms with E-state index in [0.29, 0.717) is 5.56 Å². The van der Waals surface area contributed by atoms with Gasteiger partial charge in [0.15, 0.2) is 0 Å². The summed E-state index contributed by atoms with van der Waals surface area (Å²) >= 11 is 0. The first-order valence-electron chi connectivity index (χ1n) is 8.68. The monoisotopic (exact) mass is 403 g/mol. The summed E-state index contributed by atoms with van der Waals surface area (Å²) in [6, 6.07) is 11.8. The minimum atomic E-state index is -4.84. The fourth-order valence-electron chi connectivity index (χ4n) is 2.89. The number of hydrogen-bond donors (Lipinski definition) is 0. The molecule has 5 nitrogen and oxygen atoms in total. The fraction of sp³-hybridized carbons (Fsp3) is 0.190. The Morgan fingerprint density at radius 3 is 2.34 bits per heavy atom. The number of carbonyl (C=O) groups excluding carboxylic acids is 2. The zero-order chi connectivity index (χ0) is 21.2. The number of halogens is 3. The molecule has 0 aliphatic rings. The van der Waals surface area contributed by atoms with E-state index < -0.39 is 29.4 Å². The highest BCUT2D eigenvalue weighted by molar-refractivity contribution is 6.22. The highest BCUT2D eigenvalue weighted by atomic mass is 19.4. The van der Waals surface area contributed by atoms with Gasteiger partial charge in [0, 0.05) is 17.9 Å². The molecule has 0 fully saturated rings. The quantitative estimate of drug-likeness (QED) is 0.454. The van der Waals surface area contributed by atoms with Gasteiger partial charge in [-0.3, -0.25) is 4.79 Å². The molecule has 0 atom stereocenters. The van der Waals surface area contributed by atoms with Crippen molar-refractivity contribution in [3.8, 4) is 0 Å². The molecule has 2 aromatic carbocycles. The van der Waals surface area contributed by atoms with Crippen molar-refractivity contribution in [2.45, 2.75) is 20.0 Å². The Morgan fingerprint density at radius 1 is 1.07 bits per heavy atom. The summed E-state index contributed by atoms with van der Waals surface area (Å²) in [6.07, 6.45) is -4.84. The molecule has 0 radical (unpaired) electrons. The largest absolute Gasteiger partial charge is 0.462 e. The summed E-state index contributed by atoms with van der Waals surface area (Å²) in [7, 11) is 0. The summed E-state index contributed by atoms with van der Waals surface area (Å²) in [6.45, 7) is 2.88. The normalized spacial score (nSPS) is 12.2. The first-order chi connectivity index (χ1) is 13.7. The van der Waals surface area contributed by atoms with Gasteiger partial charge >= 0.3 is 12.1 Å². The molecule has 29 heavy (non-hydrogen) atoms. The van der Waals surface area contributed by atoms with Crippen molar-refractivity contribution < 1.29 is 31.9 Å². The maximum absolute atomic E-state index is 13.8. The number of ether oxygens (including phenoxy) is 1. The lowest BCUT2D eigenvalue weighted by atomic mass is 9.97. The lowest BCUT2D eigenvalue weighted by Gasteiger charge is -2.10. The molecule has 0 bridgehead atoms. The number of rotatable bonds is 4. The number of amides is 1. The molecule has 1 aromatic heterocycles. The van der Waals surface area contributed by atoms with E-state index in [1.165, 1.54) is 30.3 Å². The smallest absolute Gasteiger partial charge is 0.450 e. The van der Waals surface area contributed by atoms with Crippen molar-refractivity contribution in [3.05, 3.63) is 71.0 Å². The molecule has 0 saturated carbocycles. The average Bonchev–Trinajstić information content (AvgIpc) is 3.06. The second-order valence-electron chi connectivity index (χ2n) is 6.08. The van der Waals surface area contributed by atoms with Crippen LogP contribution in [0.5, 0.6) is 0 Å². The van der Waals surface area contributed by atoms with Gasteiger partial charge < -0.3 is 9.15 Å². The van der Waals surface area contributed by atoms with Gasteiger partial charge in [-0.15, -0.1) is 0 Å². The Kier molecular flexibility index (Phi) is 5.54. The summed E-state index contributed by atoms with van der Waals surface area (Å²) in [5.41, 5.74) is -0.319. The third-order valence-electron chi connectivity index (χ3n) is 4.01. The third kappa shape index (κ3) is 4.21. The lowest BCUT2D eigenvalue weighted by molar-refractivity contribution is -0.152. The topological polar surface area (TPSA) is 68.9 Å². The maximum atomic E-state index is 13.8. The maximum Gasteiger partial charge on any atom is 0.450 e. The minimum absolute atomic E-state index is 0.00623. The zero-order valence-electron chi connectivity index (χ0n) is 15.5. The van der Waals surface area contributed by atoms with Crippen molar-refractivity contribution in [2.75, 3.05) is 6.61 Å². The van der Waals surface area contributed by atoms with Crippen LogP contribution in [0, 0.1) is 0 Å². The number of alkyl halides is 3. The summed E-state index contributed by atoms with van der Waals surface area (Å²) < 4.78 is 51.3. The standard InChI is InChI=1S/C21H16F3NO4/c1-3-28-20(27)14-9-10-16-15(11-14)17(19(29-16)21(22,23)24)18(25-12(2)26)13-7-5-4-6-8-13/h4-11H,3H2,1-2H3. The van der Waals surface area contributed by atoms with E-state index in [2.05, 4.69) is 4.99 Å². The second kappa shape index (κ2) is 7.90. The van der Waals surface area contributed by atoms with Crippen LogP contribution in [0.3, 0.4) is 0 Å². The van der Waals surface area contributed by atoms with Gasteiger partial charge in [0.05, 0.1) is 23.4 Å².